The van der Waals surface area contributed by atoms with Crippen LogP contribution in [0.4, 0.5) is 0 Å². The maximum atomic E-state index is 10.9. The number of hydrogen-bond donors (Lipinski definition) is 0. The van der Waals surface area contributed by atoms with E-state index in [4.69, 9.17) is 18.9 Å². The molecule has 0 unspecified atom stereocenters. The molecule has 0 heterocycles. The zero-order chi connectivity index (χ0) is 15.3. The van der Waals surface area contributed by atoms with E-state index in [1.54, 1.807) is 14.2 Å². The van der Waals surface area contributed by atoms with Gasteiger partial charge in [0.25, 0.3) is 0 Å². The zero-order valence-corrected chi connectivity index (χ0v) is 13.9. The second-order valence-electron chi connectivity index (χ2n) is 4.07. The zero-order valence-electron chi connectivity index (χ0n) is 12.3. The van der Waals surface area contributed by atoms with Gasteiger partial charge < -0.3 is 23.7 Å². The molecule has 0 saturated heterocycles. The summed E-state index contributed by atoms with van der Waals surface area (Å²) in [6.07, 6.45) is 0.432. The molecule has 0 N–H and O–H groups in total. The average Bonchev–Trinajstić information content (AvgIpc) is 2.45. The van der Waals surface area contributed by atoms with Crippen LogP contribution in [0.25, 0.3) is 0 Å². The predicted octanol–water partition coefficient (Wildman–Crippen LogP) is 2.81. The van der Waals surface area contributed by atoms with Crippen LogP contribution >= 0.6 is 15.9 Å². The highest BCUT2D eigenvalue weighted by molar-refractivity contribution is 9.10. The molecule has 0 amide bonds. The highest BCUT2D eigenvalue weighted by Gasteiger charge is 2.27. The van der Waals surface area contributed by atoms with Gasteiger partial charge in [0.1, 0.15) is 17.8 Å². The van der Waals surface area contributed by atoms with E-state index >= 15 is 0 Å². The Morgan fingerprint density at radius 3 is 2.05 bits per heavy atom. The Labute approximate surface area is 127 Å². The molecule has 112 valence electrons. The molecule has 0 atom stereocenters. The van der Waals surface area contributed by atoms with Crippen molar-refractivity contribution in [3.63, 3.8) is 0 Å². The lowest BCUT2D eigenvalue weighted by molar-refractivity contribution is -0.108. The Morgan fingerprint density at radius 2 is 1.65 bits per heavy atom. The van der Waals surface area contributed by atoms with Crippen LogP contribution in [-0.4, -0.2) is 34.7 Å². The number of carbonyl (C=O) groups is 1. The normalized spacial score (nSPS) is 10.8. The van der Waals surface area contributed by atoms with Gasteiger partial charge in [-0.3, -0.25) is 0 Å². The Bertz CT molecular complexity index is 483. The topological polar surface area (TPSA) is 54.0 Å². The SMILES string of the molecule is COc1c(C)c(CC=O)c(OC)c(C(OC)OC)c1Br. The number of hydrogen-bond acceptors (Lipinski definition) is 5. The molecule has 5 nitrogen and oxygen atoms in total. The van der Waals surface area contributed by atoms with E-state index in [1.165, 1.54) is 14.2 Å². The summed E-state index contributed by atoms with van der Waals surface area (Å²) in [4.78, 5) is 10.9. The quantitative estimate of drug-likeness (QED) is 0.561. The molecule has 0 aromatic heterocycles. The molecule has 1 rings (SSSR count). The monoisotopic (exact) mass is 346 g/mol. The summed E-state index contributed by atoms with van der Waals surface area (Å²) in [6.45, 7) is 1.88. The van der Waals surface area contributed by atoms with Crippen LogP contribution in [0.15, 0.2) is 4.47 Å². The molecule has 0 spiro atoms. The largest absolute Gasteiger partial charge is 0.496 e. The van der Waals surface area contributed by atoms with E-state index in [-0.39, 0.29) is 6.42 Å². The molecule has 20 heavy (non-hydrogen) atoms. The molecular formula is C14H19BrO5. The van der Waals surface area contributed by atoms with Crippen molar-refractivity contribution in [1.82, 2.24) is 0 Å². The molecule has 1 aromatic carbocycles. The lowest BCUT2D eigenvalue weighted by atomic mass is 9.99. The Morgan fingerprint density at radius 1 is 1.10 bits per heavy atom. The smallest absolute Gasteiger partial charge is 0.187 e. The molecule has 0 bridgehead atoms. The van der Waals surface area contributed by atoms with Gasteiger partial charge in [0, 0.05) is 26.2 Å². The molecule has 0 aliphatic carbocycles. The van der Waals surface area contributed by atoms with Crippen LogP contribution in [0.1, 0.15) is 23.0 Å². The van der Waals surface area contributed by atoms with E-state index in [9.17, 15) is 4.79 Å². The first-order valence-electron chi connectivity index (χ1n) is 5.99. The Balaban J connectivity index is 3.70. The van der Waals surface area contributed by atoms with Crippen molar-refractivity contribution in [3.05, 3.63) is 21.2 Å². The van der Waals surface area contributed by atoms with Crippen LogP contribution < -0.4 is 9.47 Å². The fraction of sp³-hybridized carbons (Fsp3) is 0.500. The number of ether oxygens (including phenoxy) is 4. The summed E-state index contributed by atoms with van der Waals surface area (Å²) in [5, 5.41) is 0. The van der Waals surface area contributed by atoms with Crippen molar-refractivity contribution in [2.75, 3.05) is 28.4 Å². The van der Waals surface area contributed by atoms with Gasteiger partial charge >= 0.3 is 0 Å². The minimum Gasteiger partial charge on any atom is -0.496 e. The highest BCUT2D eigenvalue weighted by Crippen LogP contribution is 2.45. The van der Waals surface area contributed by atoms with Crippen molar-refractivity contribution in [2.24, 2.45) is 0 Å². The van der Waals surface area contributed by atoms with Crippen molar-refractivity contribution in [1.29, 1.82) is 0 Å². The summed E-state index contributed by atoms with van der Waals surface area (Å²) >= 11 is 3.50. The van der Waals surface area contributed by atoms with E-state index in [1.807, 2.05) is 6.92 Å². The molecule has 0 saturated carbocycles. The summed E-state index contributed by atoms with van der Waals surface area (Å²) < 4.78 is 22.2. The van der Waals surface area contributed by atoms with Gasteiger partial charge in [-0.05, 0) is 28.4 Å². The van der Waals surface area contributed by atoms with Gasteiger partial charge in [-0.1, -0.05) is 0 Å². The number of carbonyl (C=O) groups excluding carboxylic acids is 1. The molecular weight excluding hydrogens is 328 g/mol. The van der Waals surface area contributed by atoms with Crippen LogP contribution in [0, 0.1) is 6.92 Å². The van der Waals surface area contributed by atoms with Crippen molar-refractivity contribution < 1.29 is 23.7 Å². The fourth-order valence-corrected chi connectivity index (χ4v) is 3.03. The molecule has 1 aromatic rings. The van der Waals surface area contributed by atoms with Crippen molar-refractivity contribution in [3.8, 4) is 11.5 Å². The Hall–Kier alpha value is -1.11. The average molecular weight is 347 g/mol. The third-order valence-corrected chi connectivity index (χ3v) is 3.89. The number of halogens is 1. The van der Waals surface area contributed by atoms with E-state index in [2.05, 4.69) is 15.9 Å². The van der Waals surface area contributed by atoms with Crippen LogP contribution in [0.3, 0.4) is 0 Å². The van der Waals surface area contributed by atoms with Gasteiger partial charge in [0.15, 0.2) is 6.29 Å². The van der Waals surface area contributed by atoms with Crippen LogP contribution in [-0.2, 0) is 20.7 Å². The maximum Gasteiger partial charge on any atom is 0.187 e. The number of methoxy groups -OCH3 is 4. The molecule has 0 aliphatic rings. The van der Waals surface area contributed by atoms with Crippen LogP contribution in [0.2, 0.25) is 0 Å². The van der Waals surface area contributed by atoms with Gasteiger partial charge in [-0.25, -0.2) is 0 Å². The third-order valence-electron chi connectivity index (χ3n) is 3.11. The summed E-state index contributed by atoms with van der Waals surface area (Å²) in [7, 11) is 6.19. The minimum absolute atomic E-state index is 0.228. The Kier molecular flexibility index (Phi) is 6.45. The molecule has 0 aliphatic heterocycles. The van der Waals surface area contributed by atoms with Gasteiger partial charge in [-0.2, -0.15) is 0 Å². The van der Waals surface area contributed by atoms with Crippen molar-refractivity contribution in [2.45, 2.75) is 19.6 Å². The predicted molar refractivity (Wildman–Crippen MR) is 78.5 cm³/mol. The standard InChI is InChI=1S/C14H19BrO5/c1-8-9(6-7-16)13(18-3)10(14(19-4)20-5)11(15)12(8)17-2/h7,14H,6H2,1-5H3. The first-order valence-corrected chi connectivity index (χ1v) is 6.78. The lowest BCUT2D eigenvalue weighted by Crippen LogP contribution is -2.11. The van der Waals surface area contributed by atoms with Gasteiger partial charge in [0.2, 0.25) is 0 Å². The molecule has 0 fully saturated rings. The number of rotatable bonds is 7. The number of benzene rings is 1. The highest BCUT2D eigenvalue weighted by atomic mass is 79.9. The summed E-state index contributed by atoms with van der Waals surface area (Å²) in [5.74, 6) is 1.20. The minimum atomic E-state index is -0.626. The van der Waals surface area contributed by atoms with E-state index in [0.717, 1.165) is 17.4 Å². The van der Waals surface area contributed by atoms with Gasteiger partial charge in [0.05, 0.1) is 24.3 Å². The summed E-state index contributed by atoms with van der Waals surface area (Å²) in [6, 6.07) is 0. The molecule has 0 radical (unpaired) electrons. The first-order chi connectivity index (χ1) is 9.56. The second-order valence-corrected chi connectivity index (χ2v) is 4.86. The lowest BCUT2D eigenvalue weighted by Gasteiger charge is -2.24. The third kappa shape index (κ3) is 2.97. The van der Waals surface area contributed by atoms with Gasteiger partial charge in [-0.15, -0.1) is 0 Å². The van der Waals surface area contributed by atoms with E-state index in [0.29, 0.717) is 21.5 Å². The fourth-order valence-electron chi connectivity index (χ4n) is 2.20. The van der Waals surface area contributed by atoms with Crippen LogP contribution in [0.5, 0.6) is 11.5 Å². The first kappa shape index (κ1) is 16.9. The van der Waals surface area contributed by atoms with Crippen molar-refractivity contribution >= 4 is 22.2 Å². The molecule has 6 heteroatoms. The maximum absolute atomic E-state index is 10.9. The number of aldehydes is 1. The summed E-state index contributed by atoms with van der Waals surface area (Å²) in [5.41, 5.74) is 2.27. The second kappa shape index (κ2) is 7.61. The van der Waals surface area contributed by atoms with E-state index < -0.39 is 6.29 Å².